The van der Waals surface area contributed by atoms with Crippen LogP contribution >= 0.6 is 0 Å². The molecule has 0 fully saturated rings. The highest BCUT2D eigenvalue weighted by Crippen LogP contribution is 2.30. The lowest BCUT2D eigenvalue weighted by molar-refractivity contribution is -0.124. The van der Waals surface area contributed by atoms with Gasteiger partial charge in [-0.2, -0.15) is 0 Å². The lowest BCUT2D eigenvalue weighted by Gasteiger charge is -2.26. The van der Waals surface area contributed by atoms with E-state index in [0.717, 1.165) is 12.5 Å². The molecule has 0 radical (unpaired) electrons. The summed E-state index contributed by atoms with van der Waals surface area (Å²) in [6, 6.07) is 4.82. The molecular formula is C20H29F2N3O2. The van der Waals surface area contributed by atoms with E-state index in [0.29, 0.717) is 29.8 Å². The third-order valence-corrected chi connectivity index (χ3v) is 4.29. The number of aryl methyl sites for hydroxylation is 1. The largest absolute Gasteiger partial charge is 0.368 e. The van der Waals surface area contributed by atoms with Gasteiger partial charge in [-0.15, -0.1) is 0 Å². The van der Waals surface area contributed by atoms with Crippen molar-refractivity contribution in [2.24, 2.45) is 0 Å². The average Bonchev–Trinajstić information content (AvgIpc) is 2.58. The first-order valence-electron chi connectivity index (χ1n) is 8.73. The summed E-state index contributed by atoms with van der Waals surface area (Å²) in [5.41, 5.74) is 1.69. The van der Waals surface area contributed by atoms with Gasteiger partial charge in [0.15, 0.2) is 0 Å². The van der Waals surface area contributed by atoms with Crippen LogP contribution in [0.2, 0.25) is 0 Å². The predicted octanol–water partition coefficient (Wildman–Crippen LogP) is 3.04. The van der Waals surface area contributed by atoms with Crippen molar-refractivity contribution < 1.29 is 18.4 Å². The summed E-state index contributed by atoms with van der Waals surface area (Å²) in [6.07, 6.45) is 1.08. The number of nitrogens with one attached hydrogen (secondary N) is 1. The number of alkyl halides is 2. The van der Waals surface area contributed by atoms with E-state index in [1.807, 2.05) is 13.0 Å². The Hall–Kier alpha value is -2.44. The molecule has 2 amide bonds. The van der Waals surface area contributed by atoms with Crippen LogP contribution in [-0.4, -0.2) is 49.3 Å². The van der Waals surface area contributed by atoms with Crippen LogP contribution in [0.5, 0.6) is 0 Å². The van der Waals surface area contributed by atoms with E-state index < -0.39 is 5.92 Å². The summed E-state index contributed by atoms with van der Waals surface area (Å²) >= 11 is 0. The quantitative estimate of drug-likeness (QED) is 0.556. The van der Waals surface area contributed by atoms with Gasteiger partial charge in [-0.25, -0.2) is 8.78 Å². The number of hydrogen-bond donors (Lipinski definition) is 1. The highest BCUT2D eigenvalue weighted by atomic mass is 19.3. The van der Waals surface area contributed by atoms with E-state index in [1.54, 1.807) is 41.1 Å². The minimum atomic E-state index is -2.91. The summed E-state index contributed by atoms with van der Waals surface area (Å²) < 4.78 is 27.5. The molecule has 0 aliphatic rings. The molecule has 5 nitrogen and oxygen atoms in total. The van der Waals surface area contributed by atoms with Crippen molar-refractivity contribution in [1.29, 1.82) is 0 Å². The van der Waals surface area contributed by atoms with Crippen molar-refractivity contribution in [3.8, 4) is 0 Å². The fraction of sp³-hybridized carbons (Fsp3) is 0.500. The van der Waals surface area contributed by atoms with E-state index in [9.17, 15) is 18.4 Å². The van der Waals surface area contributed by atoms with Gasteiger partial charge in [0.2, 0.25) is 6.41 Å². The van der Waals surface area contributed by atoms with Gasteiger partial charge in [-0.3, -0.25) is 9.59 Å². The number of benzene rings is 1. The van der Waals surface area contributed by atoms with Crippen LogP contribution < -0.4 is 5.32 Å². The standard InChI is InChI=1S/C20H29F2N3O2/c1-13-8-9-16(11-17(13)20(4,21)22)10-14(2)23-18(25(7)12-26)15(3)19(27)24(5)6/h8-9,11-12,14,23H,10H2,1-7H3/b18-15-. The van der Waals surface area contributed by atoms with Gasteiger partial charge in [0.05, 0.1) is 5.57 Å². The van der Waals surface area contributed by atoms with Crippen LogP contribution in [0.25, 0.3) is 0 Å². The van der Waals surface area contributed by atoms with Crippen LogP contribution in [0.15, 0.2) is 29.6 Å². The Labute approximate surface area is 160 Å². The minimum Gasteiger partial charge on any atom is -0.368 e. The third kappa shape index (κ3) is 6.05. The number of carbonyl (C=O) groups is 2. The van der Waals surface area contributed by atoms with Crippen molar-refractivity contribution in [1.82, 2.24) is 15.1 Å². The Kier molecular flexibility index (Phi) is 7.51. The molecule has 0 bridgehead atoms. The molecule has 0 aromatic heterocycles. The first-order valence-corrected chi connectivity index (χ1v) is 8.73. The van der Waals surface area contributed by atoms with E-state index in [4.69, 9.17) is 0 Å². The number of rotatable bonds is 8. The average molecular weight is 381 g/mol. The molecule has 0 saturated heterocycles. The summed E-state index contributed by atoms with van der Waals surface area (Å²) in [7, 11) is 4.81. The smallest absolute Gasteiger partial charge is 0.270 e. The Morgan fingerprint density at radius 3 is 2.37 bits per heavy atom. The SMILES string of the molecule is C/C(C(=O)N(C)C)=C(\NC(C)Cc1ccc(C)c(C(C)(F)F)c1)N(C)C=O. The Bertz CT molecular complexity index is 724. The third-order valence-electron chi connectivity index (χ3n) is 4.29. The molecule has 1 N–H and O–H groups in total. The molecular weight excluding hydrogens is 352 g/mol. The molecule has 7 heteroatoms. The second-order valence-corrected chi connectivity index (χ2v) is 7.18. The lowest BCUT2D eigenvalue weighted by atomic mass is 9.97. The zero-order chi connectivity index (χ0) is 20.9. The second-order valence-electron chi connectivity index (χ2n) is 7.18. The van der Waals surface area contributed by atoms with Crippen LogP contribution in [0.4, 0.5) is 8.78 Å². The summed E-state index contributed by atoms with van der Waals surface area (Å²) in [5, 5.41) is 3.16. The van der Waals surface area contributed by atoms with Gasteiger partial charge in [0.25, 0.3) is 11.8 Å². The monoisotopic (exact) mass is 381 g/mol. The molecule has 0 spiro atoms. The fourth-order valence-corrected chi connectivity index (χ4v) is 2.87. The molecule has 0 aliphatic carbocycles. The molecule has 0 heterocycles. The first-order chi connectivity index (χ1) is 12.4. The maximum Gasteiger partial charge on any atom is 0.270 e. The number of hydrogen-bond acceptors (Lipinski definition) is 3. The fourth-order valence-electron chi connectivity index (χ4n) is 2.87. The topological polar surface area (TPSA) is 52.7 Å². The van der Waals surface area contributed by atoms with Crippen LogP contribution in [0.1, 0.15) is 37.5 Å². The normalized spacial score (nSPS) is 13.5. The predicted molar refractivity (Wildman–Crippen MR) is 102 cm³/mol. The number of amides is 2. The number of likely N-dealkylation sites (N-methyl/N-ethyl adjacent to an activating group) is 1. The van der Waals surface area contributed by atoms with E-state index in [-0.39, 0.29) is 17.5 Å². The number of carbonyl (C=O) groups excluding carboxylic acids is 2. The molecule has 1 atom stereocenters. The van der Waals surface area contributed by atoms with Gasteiger partial charge in [-0.05, 0) is 44.4 Å². The number of nitrogens with zero attached hydrogens (tertiary/aromatic N) is 2. The van der Waals surface area contributed by atoms with E-state index >= 15 is 0 Å². The van der Waals surface area contributed by atoms with Crippen molar-refractivity contribution in [3.05, 3.63) is 46.3 Å². The van der Waals surface area contributed by atoms with Gasteiger partial charge in [0.1, 0.15) is 5.82 Å². The summed E-state index contributed by atoms with van der Waals surface area (Å²) in [4.78, 5) is 26.2. The first kappa shape index (κ1) is 22.6. The summed E-state index contributed by atoms with van der Waals surface area (Å²) in [6.45, 7) is 6.06. The van der Waals surface area contributed by atoms with Gasteiger partial charge in [-0.1, -0.05) is 12.1 Å². The van der Waals surface area contributed by atoms with Crippen molar-refractivity contribution in [2.45, 2.75) is 46.1 Å². The van der Waals surface area contributed by atoms with Gasteiger partial charge >= 0.3 is 0 Å². The maximum absolute atomic E-state index is 13.8. The molecule has 1 unspecified atom stereocenters. The number of halogens is 2. The Morgan fingerprint density at radius 1 is 1.30 bits per heavy atom. The molecule has 0 saturated carbocycles. The van der Waals surface area contributed by atoms with Crippen LogP contribution in [0, 0.1) is 6.92 Å². The van der Waals surface area contributed by atoms with Crippen LogP contribution in [0.3, 0.4) is 0 Å². The molecule has 0 aliphatic heterocycles. The molecule has 1 aromatic rings. The second kappa shape index (κ2) is 8.97. The summed E-state index contributed by atoms with van der Waals surface area (Å²) in [5.74, 6) is -2.74. The molecule has 1 rings (SSSR count). The molecule has 150 valence electrons. The molecule has 27 heavy (non-hydrogen) atoms. The van der Waals surface area contributed by atoms with Crippen molar-refractivity contribution in [2.75, 3.05) is 21.1 Å². The highest BCUT2D eigenvalue weighted by molar-refractivity contribution is 5.93. The van der Waals surface area contributed by atoms with Crippen molar-refractivity contribution >= 4 is 12.3 Å². The van der Waals surface area contributed by atoms with Crippen molar-refractivity contribution in [3.63, 3.8) is 0 Å². The zero-order valence-electron chi connectivity index (χ0n) is 17.1. The van der Waals surface area contributed by atoms with Gasteiger partial charge < -0.3 is 15.1 Å². The zero-order valence-corrected chi connectivity index (χ0v) is 17.1. The Balaban J connectivity index is 3.08. The highest BCUT2D eigenvalue weighted by Gasteiger charge is 2.26. The Morgan fingerprint density at radius 2 is 1.89 bits per heavy atom. The minimum absolute atomic E-state index is 0.00643. The van der Waals surface area contributed by atoms with E-state index in [1.165, 1.54) is 15.9 Å². The van der Waals surface area contributed by atoms with Gasteiger partial charge in [0, 0.05) is 39.7 Å². The lowest BCUT2D eigenvalue weighted by Crippen LogP contribution is -2.38. The van der Waals surface area contributed by atoms with Crippen LogP contribution in [-0.2, 0) is 21.9 Å². The maximum atomic E-state index is 13.8. The molecule has 1 aromatic carbocycles. The van der Waals surface area contributed by atoms with E-state index in [2.05, 4.69) is 5.32 Å².